The Kier molecular flexibility index (Phi) is 4.50. The minimum absolute atomic E-state index is 0.262. The van der Waals surface area contributed by atoms with Crippen molar-refractivity contribution in [3.05, 3.63) is 11.8 Å². The van der Waals surface area contributed by atoms with E-state index in [2.05, 4.69) is 15.3 Å². The number of amides is 1. The zero-order chi connectivity index (χ0) is 12.0. The van der Waals surface area contributed by atoms with Crippen LogP contribution < -0.4 is 16.8 Å². The molecule has 0 saturated carbocycles. The smallest absolute Gasteiger partial charge is 0.222 e. The van der Waals surface area contributed by atoms with Crippen LogP contribution in [0.4, 0.5) is 11.8 Å². The van der Waals surface area contributed by atoms with Crippen LogP contribution in [0.1, 0.15) is 25.0 Å². The number of rotatable bonds is 6. The summed E-state index contributed by atoms with van der Waals surface area (Å²) in [5.74, 6) is 0.714. The molecule has 6 heteroatoms. The normalized spacial score (nSPS) is 10.1. The number of carbonyl (C=O) groups is 1. The summed E-state index contributed by atoms with van der Waals surface area (Å²) in [6.07, 6.45) is 2.07. The molecule has 16 heavy (non-hydrogen) atoms. The molecule has 0 aliphatic carbocycles. The molecule has 0 unspecified atom stereocenters. The number of aryl methyl sites for hydroxylation is 1. The molecule has 1 aromatic heterocycles. The molecule has 0 aliphatic rings. The molecule has 1 aromatic rings. The van der Waals surface area contributed by atoms with E-state index in [1.54, 1.807) is 0 Å². The Hall–Kier alpha value is -1.85. The SMILES string of the molecule is Cc1cc(NCCCCC(N)=O)nc(N)n1. The Bertz CT molecular complexity index is 346. The van der Waals surface area contributed by atoms with Gasteiger partial charge in [0.15, 0.2) is 0 Å². The third-order valence-corrected chi connectivity index (χ3v) is 2.03. The number of nitrogen functional groups attached to an aromatic ring is 1. The summed E-state index contributed by atoms with van der Waals surface area (Å²) >= 11 is 0. The van der Waals surface area contributed by atoms with Crippen LogP contribution in [-0.4, -0.2) is 22.4 Å². The van der Waals surface area contributed by atoms with E-state index in [0.29, 0.717) is 12.2 Å². The molecule has 0 atom stereocenters. The van der Waals surface area contributed by atoms with Gasteiger partial charge in [-0.2, -0.15) is 4.98 Å². The Labute approximate surface area is 94.5 Å². The van der Waals surface area contributed by atoms with Gasteiger partial charge < -0.3 is 16.8 Å². The van der Waals surface area contributed by atoms with E-state index in [1.165, 1.54) is 0 Å². The predicted octanol–water partition coefficient (Wildman–Crippen LogP) is 0.435. The number of nitrogens with one attached hydrogen (secondary N) is 1. The molecule has 6 nitrogen and oxygen atoms in total. The number of hydrogen-bond donors (Lipinski definition) is 3. The third kappa shape index (κ3) is 4.59. The van der Waals surface area contributed by atoms with Crippen molar-refractivity contribution in [3.8, 4) is 0 Å². The standard InChI is InChI=1S/C10H17N5O/c1-7-6-9(15-10(12)14-7)13-5-3-2-4-8(11)16/h6H,2-5H2,1H3,(H2,11,16)(H3,12,13,14,15). The number of aromatic nitrogens is 2. The quantitative estimate of drug-likeness (QED) is 0.606. The second-order valence-electron chi connectivity index (χ2n) is 3.60. The largest absolute Gasteiger partial charge is 0.370 e. The number of unbranched alkanes of at least 4 members (excludes halogenated alkanes) is 1. The second-order valence-corrected chi connectivity index (χ2v) is 3.60. The Morgan fingerprint density at radius 3 is 2.81 bits per heavy atom. The fourth-order valence-electron chi connectivity index (χ4n) is 1.32. The lowest BCUT2D eigenvalue weighted by atomic mass is 10.2. The number of carbonyl (C=O) groups excluding carboxylic acids is 1. The highest BCUT2D eigenvalue weighted by atomic mass is 16.1. The Balaban J connectivity index is 2.29. The zero-order valence-electron chi connectivity index (χ0n) is 9.36. The molecule has 0 aromatic carbocycles. The number of hydrogen-bond acceptors (Lipinski definition) is 5. The van der Waals surface area contributed by atoms with Crippen LogP contribution in [-0.2, 0) is 4.79 Å². The summed E-state index contributed by atoms with van der Waals surface area (Å²) in [5, 5.41) is 3.12. The van der Waals surface area contributed by atoms with Gasteiger partial charge in [-0.3, -0.25) is 4.79 Å². The fourth-order valence-corrected chi connectivity index (χ4v) is 1.32. The number of anilines is 2. The summed E-state index contributed by atoms with van der Waals surface area (Å²) in [5.41, 5.74) is 11.4. The first-order valence-electron chi connectivity index (χ1n) is 5.21. The monoisotopic (exact) mass is 223 g/mol. The first kappa shape index (κ1) is 12.2. The van der Waals surface area contributed by atoms with Gasteiger partial charge in [0.25, 0.3) is 0 Å². The van der Waals surface area contributed by atoms with Gasteiger partial charge in [0.1, 0.15) is 5.82 Å². The first-order chi connectivity index (χ1) is 7.58. The van der Waals surface area contributed by atoms with Crippen molar-refractivity contribution in [1.29, 1.82) is 0 Å². The van der Waals surface area contributed by atoms with Crippen LogP contribution in [0.25, 0.3) is 0 Å². The maximum absolute atomic E-state index is 10.5. The van der Waals surface area contributed by atoms with Crippen LogP contribution in [0.3, 0.4) is 0 Å². The van der Waals surface area contributed by atoms with Crippen LogP contribution in [0.5, 0.6) is 0 Å². The average molecular weight is 223 g/mol. The maximum Gasteiger partial charge on any atom is 0.222 e. The van der Waals surface area contributed by atoms with Crippen LogP contribution in [0, 0.1) is 6.92 Å². The summed E-state index contributed by atoms with van der Waals surface area (Å²) in [6, 6.07) is 1.82. The number of primary amides is 1. The molecule has 88 valence electrons. The van der Waals surface area contributed by atoms with Crippen molar-refractivity contribution in [3.63, 3.8) is 0 Å². The highest BCUT2D eigenvalue weighted by molar-refractivity contribution is 5.73. The molecular formula is C10H17N5O. The summed E-state index contributed by atoms with van der Waals surface area (Å²) < 4.78 is 0. The molecular weight excluding hydrogens is 206 g/mol. The Morgan fingerprint density at radius 2 is 2.19 bits per heavy atom. The van der Waals surface area contributed by atoms with Gasteiger partial charge in [-0.1, -0.05) is 0 Å². The van der Waals surface area contributed by atoms with Crippen molar-refractivity contribution in [1.82, 2.24) is 9.97 Å². The van der Waals surface area contributed by atoms with Gasteiger partial charge in [-0.15, -0.1) is 0 Å². The lowest BCUT2D eigenvalue weighted by molar-refractivity contribution is -0.118. The minimum Gasteiger partial charge on any atom is -0.370 e. The molecule has 1 amide bonds. The summed E-state index contributed by atoms with van der Waals surface area (Å²) in [6.45, 7) is 2.60. The Morgan fingerprint density at radius 1 is 1.44 bits per heavy atom. The number of nitrogens with two attached hydrogens (primary N) is 2. The molecule has 1 rings (SSSR count). The van der Waals surface area contributed by atoms with E-state index in [1.807, 2.05) is 13.0 Å². The van der Waals surface area contributed by atoms with Gasteiger partial charge in [0.2, 0.25) is 11.9 Å². The van der Waals surface area contributed by atoms with Crippen LogP contribution in [0.15, 0.2) is 6.07 Å². The molecule has 0 bridgehead atoms. The highest BCUT2D eigenvalue weighted by Crippen LogP contribution is 2.07. The molecule has 0 radical (unpaired) electrons. The van der Waals surface area contributed by atoms with Crippen molar-refractivity contribution in [2.24, 2.45) is 5.73 Å². The van der Waals surface area contributed by atoms with E-state index >= 15 is 0 Å². The van der Waals surface area contributed by atoms with Gasteiger partial charge in [0.05, 0.1) is 0 Å². The predicted molar refractivity (Wildman–Crippen MR) is 62.7 cm³/mol. The van der Waals surface area contributed by atoms with Crippen molar-refractivity contribution in [2.75, 3.05) is 17.6 Å². The van der Waals surface area contributed by atoms with E-state index in [4.69, 9.17) is 11.5 Å². The van der Waals surface area contributed by atoms with Gasteiger partial charge in [-0.05, 0) is 19.8 Å². The second kappa shape index (κ2) is 5.89. The zero-order valence-corrected chi connectivity index (χ0v) is 9.36. The van der Waals surface area contributed by atoms with Crippen molar-refractivity contribution < 1.29 is 4.79 Å². The maximum atomic E-state index is 10.5. The van der Waals surface area contributed by atoms with Crippen molar-refractivity contribution in [2.45, 2.75) is 26.2 Å². The van der Waals surface area contributed by atoms with Crippen molar-refractivity contribution >= 4 is 17.7 Å². The molecule has 5 N–H and O–H groups in total. The molecule has 0 spiro atoms. The average Bonchev–Trinajstić information content (AvgIpc) is 2.15. The topological polar surface area (TPSA) is 107 Å². The lowest BCUT2D eigenvalue weighted by Gasteiger charge is -2.06. The summed E-state index contributed by atoms with van der Waals surface area (Å²) in [7, 11) is 0. The van der Waals surface area contributed by atoms with Crippen LogP contribution >= 0.6 is 0 Å². The highest BCUT2D eigenvalue weighted by Gasteiger charge is 1.99. The first-order valence-corrected chi connectivity index (χ1v) is 5.21. The van der Waals surface area contributed by atoms with E-state index in [-0.39, 0.29) is 11.9 Å². The van der Waals surface area contributed by atoms with E-state index < -0.39 is 0 Å². The van der Waals surface area contributed by atoms with E-state index in [9.17, 15) is 4.79 Å². The minimum atomic E-state index is -0.262. The van der Waals surface area contributed by atoms with Gasteiger partial charge >= 0.3 is 0 Å². The van der Waals surface area contributed by atoms with Crippen LogP contribution in [0.2, 0.25) is 0 Å². The lowest BCUT2D eigenvalue weighted by Crippen LogP contribution is -2.11. The number of nitrogens with zero attached hydrogens (tertiary/aromatic N) is 2. The third-order valence-electron chi connectivity index (χ3n) is 2.03. The van der Waals surface area contributed by atoms with Gasteiger partial charge in [0, 0.05) is 24.7 Å². The molecule has 1 heterocycles. The van der Waals surface area contributed by atoms with E-state index in [0.717, 1.165) is 25.1 Å². The fraction of sp³-hybridized carbons (Fsp3) is 0.500. The summed E-state index contributed by atoms with van der Waals surface area (Å²) in [4.78, 5) is 18.5. The molecule has 0 fully saturated rings. The molecule has 0 aliphatic heterocycles. The molecule has 0 saturated heterocycles. The van der Waals surface area contributed by atoms with Gasteiger partial charge in [-0.25, -0.2) is 4.98 Å².